The molecule has 2 aliphatic rings. The molecule has 0 saturated heterocycles. The van der Waals surface area contributed by atoms with Crippen LogP contribution in [0.1, 0.15) is 0 Å². The van der Waals surface area contributed by atoms with Gasteiger partial charge in [0, 0.05) is 56.4 Å². The maximum atomic E-state index is 2.71. The highest BCUT2D eigenvalue weighted by Crippen LogP contribution is 2.57. The van der Waals surface area contributed by atoms with Gasteiger partial charge in [0.25, 0.3) is 6.71 Å². The lowest BCUT2D eigenvalue weighted by atomic mass is 9.33. The van der Waals surface area contributed by atoms with E-state index in [4.69, 9.17) is 0 Å². The molecule has 120 heavy (non-hydrogen) atoms. The Morgan fingerprint density at radius 1 is 0.175 bits per heavy atom. The van der Waals surface area contributed by atoms with Gasteiger partial charge < -0.3 is 14.7 Å². The van der Waals surface area contributed by atoms with Crippen molar-refractivity contribution in [1.82, 2.24) is 0 Å². The third kappa shape index (κ3) is 11.9. The summed E-state index contributed by atoms with van der Waals surface area (Å²) < 4.78 is 0. The van der Waals surface area contributed by atoms with Crippen LogP contribution < -0.4 is 31.1 Å². The zero-order chi connectivity index (χ0) is 79.1. The van der Waals surface area contributed by atoms with Crippen LogP contribution in [0.2, 0.25) is 0 Å². The monoisotopic (exact) mass is 1520 g/mol. The zero-order valence-electron chi connectivity index (χ0n) is 65.8. The van der Waals surface area contributed by atoms with Crippen LogP contribution in [-0.4, -0.2) is 6.71 Å². The molecule has 0 spiro atoms. The first-order chi connectivity index (χ1) is 59.5. The molecule has 2 aliphatic heterocycles. The van der Waals surface area contributed by atoms with Gasteiger partial charge in [-0.05, 0) is 221 Å². The highest BCUT2D eigenvalue weighted by atomic mass is 15.2. The Hall–Kier alpha value is -15.6. The predicted octanol–water partition coefficient (Wildman–Crippen LogP) is 30.0. The summed E-state index contributed by atoms with van der Waals surface area (Å²) in [5.74, 6) is 0. The molecular weight excluding hydrogens is 1450 g/mol. The van der Waals surface area contributed by atoms with Crippen molar-refractivity contribution in [2.24, 2.45) is 0 Å². The average molecular weight is 1520 g/mol. The molecule has 0 atom stereocenters. The lowest BCUT2D eigenvalue weighted by Gasteiger charge is -2.46. The van der Waals surface area contributed by atoms with E-state index in [-0.39, 0.29) is 6.71 Å². The average Bonchev–Trinajstić information content (AvgIpc) is 0.683. The first-order valence-corrected chi connectivity index (χ1v) is 41.6. The largest absolute Gasteiger partial charge is 0.310 e. The summed E-state index contributed by atoms with van der Waals surface area (Å²) >= 11 is 0. The van der Waals surface area contributed by atoms with E-state index < -0.39 is 0 Å². The number of nitrogens with zero attached hydrogens (tertiary/aromatic N) is 3. The summed E-state index contributed by atoms with van der Waals surface area (Å²) in [7, 11) is 0. The molecule has 0 bridgehead atoms. The molecule has 21 aromatic rings. The van der Waals surface area contributed by atoms with Crippen molar-refractivity contribution in [3.8, 4) is 111 Å². The number of hydrogen-bond acceptors (Lipinski definition) is 3. The minimum Gasteiger partial charge on any atom is -0.310 e. The normalized spacial score (nSPS) is 12.1. The molecule has 0 fully saturated rings. The van der Waals surface area contributed by atoms with Crippen LogP contribution in [0.15, 0.2) is 461 Å². The number of anilines is 9. The third-order valence-corrected chi connectivity index (χ3v) is 24.9. The molecule has 0 aliphatic carbocycles. The second-order valence-electron chi connectivity index (χ2n) is 31.7. The van der Waals surface area contributed by atoms with E-state index >= 15 is 0 Å². The van der Waals surface area contributed by atoms with Crippen molar-refractivity contribution < 1.29 is 0 Å². The second-order valence-corrected chi connectivity index (χ2v) is 31.7. The summed E-state index contributed by atoms with van der Waals surface area (Å²) in [6, 6.07) is 173. The van der Waals surface area contributed by atoms with Gasteiger partial charge in [0.15, 0.2) is 0 Å². The molecule has 558 valence electrons. The Labute approximate surface area is 699 Å². The van der Waals surface area contributed by atoms with Gasteiger partial charge in [-0.25, -0.2) is 0 Å². The molecule has 21 aromatic carbocycles. The van der Waals surface area contributed by atoms with Gasteiger partial charge in [0.05, 0.1) is 17.1 Å². The fourth-order valence-corrected chi connectivity index (χ4v) is 19.5. The van der Waals surface area contributed by atoms with Crippen molar-refractivity contribution in [2.45, 2.75) is 0 Å². The van der Waals surface area contributed by atoms with E-state index in [1.165, 1.54) is 65.0 Å². The molecule has 0 amide bonds. The van der Waals surface area contributed by atoms with Gasteiger partial charge in [0.2, 0.25) is 0 Å². The number of hydrogen-bond donors (Lipinski definition) is 0. The molecule has 0 N–H and O–H groups in total. The highest BCUT2D eigenvalue weighted by molar-refractivity contribution is 7.00. The zero-order valence-corrected chi connectivity index (χ0v) is 65.8. The fourth-order valence-electron chi connectivity index (χ4n) is 19.5. The molecule has 23 rings (SSSR count). The van der Waals surface area contributed by atoms with Gasteiger partial charge in [-0.3, -0.25) is 0 Å². The van der Waals surface area contributed by atoms with Crippen LogP contribution >= 0.6 is 0 Å². The summed E-state index contributed by atoms with van der Waals surface area (Å²) in [4.78, 5) is 7.92. The molecule has 0 unspecified atom stereocenters. The molecule has 3 nitrogen and oxygen atoms in total. The van der Waals surface area contributed by atoms with Gasteiger partial charge >= 0.3 is 0 Å². The molecule has 4 heteroatoms. The van der Waals surface area contributed by atoms with Gasteiger partial charge in [-0.15, -0.1) is 0 Å². The predicted molar refractivity (Wildman–Crippen MR) is 511 cm³/mol. The number of rotatable bonds is 15. The fraction of sp³-hybridized carbons (Fsp3) is 0. The van der Waals surface area contributed by atoms with Crippen molar-refractivity contribution in [1.29, 1.82) is 0 Å². The SMILES string of the molecule is c1ccc(-c2ccc(N(c3ccc(-c4ccccc4)cc3)c3cc4c5c(c3)N(c3c(-c6ccccc6)cc(-c6ccccc6)cc3-c3ccccc3)c3ccc(-c6ccc7c8cccc9cccc(c%10cccc6c%107)c98)cc3B5c3cc(-c5ccccc5)ccc3N4c3c(-c4ccccc4)cc(-c4ccccc4)cc3-c3ccccc3)cc2)cc1. The van der Waals surface area contributed by atoms with Crippen LogP contribution in [0.3, 0.4) is 0 Å². The minimum atomic E-state index is -0.369. The van der Waals surface area contributed by atoms with Crippen molar-refractivity contribution in [3.05, 3.63) is 461 Å². The van der Waals surface area contributed by atoms with Crippen molar-refractivity contribution in [2.75, 3.05) is 14.7 Å². The van der Waals surface area contributed by atoms with Crippen molar-refractivity contribution >= 4 is 117 Å². The number of fused-ring (bicyclic) bond motifs is 6. The van der Waals surface area contributed by atoms with Crippen LogP contribution in [0.4, 0.5) is 51.2 Å². The summed E-state index contributed by atoms with van der Waals surface area (Å²) in [6.07, 6.45) is 0. The number of benzene rings is 21. The lowest BCUT2D eigenvalue weighted by Crippen LogP contribution is -2.61. The van der Waals surface area contributed by atoms with Crippen LogP contribution in [0, 0.1) is 0 Å². The Balaban J connectivity index is 0.897. The Kier molecular flexibility index (Phi) is 17.0. The van der Waals surface area contributed by atoms with Gasteiger partial charge in [-0.1, -0.05) is 388 Å². The maximum absolute atomic E-state index is 2.71. The molecular formula is C116H76BN3. The Morgan fingerprint density at radius 2 is 0.475 bits per heavy atom. The van der Waals surface area contributed by atoms with Gasteiger partial charge in [-0.2, -0.15) is 0 Å². The first kappa shape index (κ1) is 69.8. The maximum Gasteiger partial charge on any atom is 0.252 e. The Morgan fingerprint density at radius 3 is 0.867 bits per heavy atom. The topological polar surface area (TPSA) is 9.72 Å². The molecule has 0 aromatic heterocycles. The summed E-state index contributed by atoms with van der Waals surface area (Å²) in [6.45, 7) is -0.369. The van der Waals surface area contributed by atoms with E-state index in [1.807, 2.05) is 0 Å². The van der Waals surface area contributed by atoms with Gasteiger partial charge in [0.1, 0.15) is 0 Å². The van der Waals surface area contributed by atoms with E-state index in [1.54, 1.807) is 0 Å². The van der Waals surface area contributed by atoms with E-state index in [2.05, 4.69) is 476 Å². The van der Waals surface area contributed by atoms with Crippen LogP contribution in [-0.2, 0) is 0 Å². The first-order valence-electron chi connectivity index (χ1n) is 41.6. The smallest absolute Gasteiger partial charge is 0.252 e. The lowest BCUT2D eigenvalue weighted by molar-refractivity contribution is 1.23. The van der Waals surface area contributed by atoms with Crippen LogP contribution in [0.5, 0.6) is 0 Å². The second kappa shape index (κ2) is 29.3. The third-order valence-electron chi connectivity index (χ3n) is 24.9. The standard InChI is InChI=1S/C116H76BN3/c1-10-31-77(32-11-1)82-55-61-93(62-56-82)118(94-63-57-83(58-64-94)78-33-12-2-13-34-78)95-75-110-114-111(76-95)120(116-104(86-45-24-8-25-46-86)71-92(81-39-18-5-19-40-81)72-105(116)87-47-26-9-27-48-87)109-68-60-90(96-65-66-101-99-52-29-50-88-49-28-51-98(112(88)99)100-54-30-53-97(96)113(100)101)74-107(109)117(114)106-73-89(79-35-14-3-15-36-79)59-67-108(106)119(110)115-102(84-41-20-6-21-42-84)69-91(80-37-16-4-17-38-80)70-103(115)85-43-22-7-23-44-85/h1-76H. The van der Waals surface area contributed by atoms with Crippen molar-refractivity contribution in [3.63, 3.8) is 0 Å². The van der Waals surface area contributed by atoms with E-state index in [0.717, 1.165) is 157 Å². The van der Waals surface area contributed by atoms with E-state index in [9.17, 15) is 0 Å². The molecule has 0 saturated carbocycles. The Bertz CT molecular complexity index is 7190. The minimum absolute atomic E-state index is 0.369. The molecule has 0 radical (unpaired) electrons. The summed E-state index contributed by atoms with van der Waals surface area (Å²) in [5.41, 5.74) is 35.5. The van der Waals surface area contributed by atoms with E-state index in [0.29, 0.717) is 0 Å². The summed E-state index contributed by atoms with van der Waals surface area (Å²) in [5, 5.41) is 10.1. The quantitative estimate of drug-likeness (QED) is 0.0575. The molecule has 2 heterocycles. The highest BCUT2D eigenvalue weighted by Gasteiger charge is 2.46. The van der Waals surface area contributed by atoms with Crippen LogP contribution in [0.25, 0.3) is 154 Å².